The summed E-state index contributed by atoms with van der Waals surface area (Å²) in [6.45, 7) is 5.85. The average molecular weight is 214 g/mol. The van der Waals surface area contributed by atoms with Crippen molar-refractivity contribution in [3.05, 3.63) is 42.2 Å². The van der Waals surface area contributed by atoms with Crippen LogP contribution >= 0.6 is 0 Å². The highest BCUT2D eigenvalue weighted by Crippen LogP contribution is 2.39. The molecule has 0 N–H and O–H groups in total. The number of aromatic nitrogens is 1. The number of hydrogen-bond acceptors (Lipinski definition) is 3. The largest absolute Gasteiger partial charge is 0.297 e. The molecule has 0 saturated carbocycles. The van der Waals surface area contributed by atoms with Gasteiger partial charge in [0.2, 0.25) is 0 Å². The highest BCUT2D eigenvalue weighted by atomic mass is 16.1. The van der Waals surface area contributed by atoms with E-state index in [2.05, 4.69) is 16.5 Å². The van der Waals surface area contributed by atoms with Gasteiger partial charge >= 0.3 is 0 Å². The Morgan fingerprint density at radius 3 is 3.00 bits per heavy atom. The van der Waals surface area contributed by atoms with Gasteiger partial charge in [-0.2, -0.15) is 0 Å². The molecule has 0 radical (unpaired) electrons. The Balaban J connectivity index is 1.98. The van der Waals surface area contributed by atoms with Crippen molar-refractivity contribution in [1.82, 2.24) is 9.88 Å². The van der Waals surface area contributed by atoms with Gasteiger partial charge in [-0.25, -0.2) is 0 Å². The van der Waals surface area contributed by atoms with Crippen LogP contribution in [0.5, 0.6) is 0 Å². The van der Waals surface area contributed by atoms with Crippen LogP contribution in [-0.4, -0.2) is 28.8 Å². The Hall–Kier alpha value is -1.48. The maximum absolute atomic E-state index is 12.3. The monoisotopic (exact) mass is 214 g/mol. The summed E-state index contributed by atoms with van der Waals surface area (Å²) in [6, 6.07) is 3.79. The smallest absolute Gasteiger partial charge is 0.161 e. The van der Waals surface area contributed by atoms with E-state index in [9.17, 15) is 4.79 Å². The Morgan fingerprint density at radius 2 is 2.38 bits per heavy atom. The maximum Gasteiger partial charge on any atom is 0.161 e. The van der Waals surface area contributed by atoms with Crippen molar-refractivity contribution in [2.24, 2.45) is 5.92 Å². The summed E-state index contributed by atoms with van der Waals surface area (Å²) in [5.41, 5.74) is 2.10. The van der Waals surface area contributed by atoms with Crippen LogP contribution in [0.25, 0.3) is 0 Å². The number of piperidine rings is 3. The molecule has 0 aliphatic carbocycles. The first-order valence-electron chi connectivity index (χ1n) is 5.63. The van der Waals surface area contributed by atoms with E-state index in [1.807, 2.05) is 12.1 Å². The van der Waals surface area contributed by atoms with Crippen molar-refractivity contribution >= 4 is 5.78 Å². The van der Waals surface area contributed by atoms with Crippen LogP contribution in [0.4, 0.5) is 0 Å². The second-order valence-corrected chi connectivity index (χ2v) is 4.56. The first-order chi connectivity index (χ1) is 7.77. The van der Waals surface area contributed by atoms with E-state index in [4.69, 9.17) is 0 Å². The maximum atomic E-state index is 12.3. The van der Waals surface area contributed by atoms with Gasteiger partial charge in [0.1, 0.15) is 0 Å². The zero-order valence-electron chi connectivity index (χ0n) is 9.10. The van der Waals surface area contributed by atoms with E-state index in [0.29, 0.717) is 5.78 Å². The minimum atomic E-state index is -0.0852. The van der Waals surface area contributed by atoms with Gasteiger partial charge in [0.15, 0.2) is 5.78 Å². The van der Waals surface area contributed by atoms with Gasteiger partial charge in [-0.15, -0.1) is 0 Å². The van der Waals surface area contributed by atoms with Crippen LogP contribution in [0.15, 0.2) is 36.7 Å². The molecule has 82 valence electrons. The summed E-state index contributed by atoms with van der Waals surface area (Å²) in [5.74, 6) is 0.380. The molecule has 3 nitrogen and oxygen atoms in total. The number of carbonyl (C=O) groups excluding carboxylic acids is 1. The van der Waals surface area contributed by atoms with E-state index >= 15 is 0 Å². The Morgan fingerprint density at radius 1 is 1.50 bits per heavy atom. The second-order valence-electron chi connectivity index (χ2n) is 4.56. The van der Waals surface area contributed by atoms with Gasteiger partial charge in [-0.1, -0.05) is 18.2 Å². The molecule has 3 unspecified atom stereocenters. The van der Waals surface area contributed by atoms with Gasteiger partial charge < -0.3 is 0 Å². The highest BCUT2D eigenvalue weighted by Gasteiger charge is 2.43. The fourth-order valence-corrected chi connectivity index (χ4v) is 2.80. The van der Waals surface area contributed by atoms with Crippen molar-refractivity contribution in [3.63, 3.8) is 0 Å². The Bertz CT molecular complexity index is 441. The molecule has 4 heterocycles. The lowest BCUT2D eigenvalue weighted by Gasteiger charge is -2.45. The van der Waals surface area contributed by atoms with E-state index in [-0.39, 0.29) is 12.0 Å². The Labute approximate surface area is 94.8 Å². The minimum absolute atomic E-state index is 0.0789. The lowest BCUT2D eigenvalue weighted by molar-refractivity contribution is -0.133. The van der Waals surface area contributed by atoms with Crippen LogP contribution in [-0.2, 0) is 4.79 Å². The van der Waals surface area contributed by atoms with Gasteiger partial charge in [-0.05, 0) is 18.1 Å². The summed E-state index contributed by atoms with van der Waals surface area (Å²) in [6.07, 6.45) is 4.48. The average Bonchev–Trinajstić information content (AvgIpc) is 2.30. The summed E-state index contributed by atoms with van der Waals surface area (Å²) in [7, 11) is 0. The predicted molar refractivity (Wildman–Crippen MR) is 60.8 cm³/mol. The van der Waals surface area contributed by atoms with Gasteiger partial charge in [0, 0.05) is 31.4 Å². The topological polar surface area (TPSA) is 33.2 Å². The fourth-order valence-electron chi connectivity index (χ4n) is 2.80. The van der Waals surface area contributed by atoms with Crippen molar-refractivity contribution in [1.29, 1.82) is 0 Å². The molecule has 1 aromatic rings. The summed E-state index contributed by atoms with van der Waals surface area (Å²) >= 11 is 0. The third-order valence-electron chi connectivity index (χ3n) is 3.58. The minimum Gasteiger partial charge on any atom is -0.297 e. The molecule has 3 aliphatic heterocycles. The molecule has 1 aromatic heterocycles. The number of fused-ring (bicyclic) bond motifs is 3. The van der Waals surface area contributed by atoms with Gasteiger partial charge in [-0.3, -0.25) is 14.7 Å². The fraction of sp³-hybridized carbons (Fsp3) is 0.385. The van der Waals surface area contributed by atoms with Gasteiger partial charge in [0.25, 0.3) is 0 Å². The molecule has 3 aliphatic rings. The molecule has 0 aromatic carbocycles. The van der Waals surface area contributed by atoms with Crippen LogP contribution in [0.1, 0.15) is 18.0 Å². The number of hydrogen-bond donors (Lipinski definition) is 0. The molecule has 0 spiro atoms. The standard InChI is InChI=1S/C13H14N2O/c1-9-8-15-6-4-11(9)13(16)12(15)10-3-2-5-14-7-10/h2-3,5,7,11-12H,1,4,6,8H2. The first-order valence-corrected chi connectivity index (χ1v) is 5.63. The third-order valence-corrected chi connectivity index (χ3v) is 3.58. The Kier molecular flexibility index (Phi) is 2.14. The van der Waals surface area contributed by atoms with Crippen LogP contribution in [0, 0.1) is 5.92 Å². The normalized spacial score (nSPS) is 33.1. The number of nitrogens with zero attached hydrogens (tertiary/aromatic N) is 2. The molecule has 3 fully saturated rings. The first kappa shape index (κ1) is 9.73. The quantitative estimate of drug-likeness (QED) is 0.665. The van der Waals surface area contributed by atoms with Crippen molar-refractivity contribution < 1.29 is 4.79 Å². The molecule has 3 saturated heterocycles. The number of rotatable bonds is 1. The lowest BCUT2D eigenvalue weighted by atomic mass is 9.77. The summed E-state index contributed by atoms with van der Waals surface area (Å²) in [4.78, 5) is 18.6. The molecule has 2 bridgehead atoms. The molecule has 16 heavy (non-hydrogen) atoms. The molecule has 3 atom stereocenters. The molecular weight excluding hydrogens is 200 g/mol. The van der Waals surface area contributed by atoms with Crippen LogP contribution < -0.4 is 0 Å². The zero-order valence-corrected chi connectivity index (χ0v) is 9.10. The number of carbonyl (C=O) groups is 1. The van der Waals surface area contributed by atoms with E-state index in [0.717, 1.165) is 30.6 Å². The van der Waals surface area contributed by atoms with Crippen molar-refractivity contribution in [3.8, 4) is 0 Å². The van der Waals surface area contributed by atoms with Gasteiger partial charge in [0.05, 0.1) is 6.04 Å². The number of pyridine rings is 1. The zero-order chi connectivity index (χ0) is 11.1. The molecular formula is C13H14N2O. The second kappa shape index (κ2) is 3.52. The molecule has 3 heteroatoms. The number of Topliss-reactive ketones (excluding diaryl/α,β-unsaturated/α-hetero) is 1. The SMILES string of the molecule is C=C1CN2CCC1C(=O)C2c1cccnc1. The number of ketones is 1. The molecule has 4 rings (SSSR count). The summed E-state index contributed by atoms with van der Waals surface area (Å²) in [5, 5.41) is 0. The third kappa shape index (κ3) is 1.32. The lowest BCUT2D eigenvalue weighted by Crippen LogP contribution is -2.51. The predicted octanol–water partition coefficient (Wildman–Crippen LogP) is 1.58. The summed E-state index contributed by atoms with van der Waals surface area (Å²) < 4.78 is 0. The van der Waals surface area contributed by atoms with E-state index < -0.39 is 0 Å². The van der Waals surface area contributed by atoms with E-state index in [1.165, 1.54) is 0 Å². The molecule has 0 amide bonds. The van der Waals surface area contributed by atoms with Crippen LogP contribution in [0.3, 0.4) is 0 Å². The van der Waals surface area contributed by atoms with Crippen molar-refractivity contribution in [2.75, 3.05) is 13.1 Å². The van der Waals surface area contributed by atoms with Crippen molar-refractivity contribution in [2.45, 2.75) is 12.5 Å². The van der Waals surface area contributed by atoms with Crippen LogP contribution in [0.2, 0.25) is 0 Å². The highest BCUT2D eigenvalue weighted by molar-refractivity contribution is 5.91. The van der Waals surface area contributed by atoms with E-state index in [1.54, 1.807) is 12.4 Å².